The minimum atomic E-state index is -8.69. The number of likely N-dealkylation sites (N-methyl/N-ethyl adjacent to an activating group) is 1. The Hall–Kier alpha value is -1.74. The first-order valence-corrected chi connectivity index (χ1v) is 15.0. The Morgan fingerprint density at radius 3 is 1.35 bits per heavy atom. The third-order valence-corrected chi connectivity index (χ3v) is 7.35. The lowest BCUT2D eigenvalue weighted by Gasteiger charge is -2.43. The van der Waals surface area contributed by atoms with E-state index in [4.69, 9.17) is 10.2 Å². The molecule has 0 bridgehead atoms. The Morgan fingerprint density at radius 2 is 0.980 bits per heavy atom. The number of hydrogen-bond acceptors (Lipinski definition) is 8. The van der Waals surface area contributed by atoms with Gasteiger partial charge in [-0.3, -0.25) is 13.8 Å². The molecule has 0 aliphatic rings. The Balaban J connectivity index is 5.92. The summed E-state index contributed by atoms with van der Waals surface area (Å²) in [5, 5.41) is 19.6. The third kappa shape index (κ3) is 10.9. The molecule has 0 saturated carbocycles. The topological polar surface area (TPSA) is 144 Å². The molecular formula is C23H34F16N2O9P+. The lowest BCUT2D eigenvalue weighted by molar-refractivity contribution is -0.870. The zero-order chi connectivity index (χ0) is 41.0. The highest BCUT2D eigenvalue weighted by molar-refractivity contribution is 7.47. The smallest absolute Gasteiger partial charge is 0.394 e. The number of aliphatic hydroxyl groups excluding tert-OH is 2. The summed E-state index contributed by atoms with van der Waals surface area (Å²) < 4.78 is 253. The van der Waals surface area contributed by atoms with Crippen molar-refractivity contribution in [2.75, 3.05) is 80.5 Å². The quantitative estimate of drug-likeness (QED) is 0.0496. The van der Waals surface area contributed by atoms with E-state index in [2.05, 4.69) is 18.5 Å². The maximum Gasteiger partial charge on any atom is 0.472 e. The first kappa shape index (κ1) is 49.3. The molecule has 0 rings (SSSR count). The number of rotatable bonds is 24. The number of aliphatic hydroxyl groups is 2. The molecule has 28 heteroatoms. The van der Waals surface area contributed by atoms with Crippen molar-refractivity contribution in [3.8, 4) is 0 Å². The first-order valence-electron chi connectivity index (χ1n) is 13.5. The van der Waals surface area contributed by atoms with Crippen molar-refractivity contribution >= 4 is 13.7 Å². The molecule has 0 heterocycles. The molecule has 1 atom stereocenters. The van der Waals surface area contributed by atoms with Crippen molar-refractivity contribution in [2.24, 2.45) is 0 Å². The van der Waals surface area contributed by atoms with Gasteiger partial charge in [0.15, 0.2) is 0 Å². The number of quaternary nitrogens is 1. The summed E-state index contributed by atoms with van der Waals surface area (Å²) in [6, 6.07) is 0. The Morgan fingerprint density at radius 1 is 0.627 bits per heavy atom. The van der Waals surface area contributed by atoms with E-state index in [1.54, 1.807) is 26.5 Å². The molecule has 0 aliphatic heterocycles. The summed E-state index contributed by atoms with van der Waals surface area (Å²) in [4.78, 5) is 21.0. The van der Waals surface area contributed by atoms with Gasteiger partial charge in [0.1, 0.15) is 33.0 Å². The van der Waals surface area contributed by atoms with E-state index in [0.29, 0.717) is 0 Å². The minimum absolute atomic E-state index is 0.0865. The summed E-state index contributed by atoms with van der Waals surface area (Å²) in [6.07, 6.45) is 0. The van der Waals surface area contributed by atoms with Crippen molar-refractivity contribution in [2.45, 2.75) is 59.8 Å². The predicted molar refractivity (Wildman–Crippen MR) is 137 cm³/mol. The van der Waals surface area contributed by atoms with E-state index in [-0.39, 0.29) is 11.0 Å². The number of ether oxygens (including phenoxy) is 2. The molecule has 0 radical (unpaired) electrons. The Bertz CT molecular complexity index is 1200. The molecular weight excluding hydrogens is 783 g/mol. The fraction of sp³-hybridized carbons (Fsp3) is 0.957. The summed E-state index contributed by atoms with van der Waals surface area (Å²) >= 11 is 0. The minimum Gasteiger partial charge on any atom is -0.394 e. The van der Waals surface area contributed by atoms with Crippen LogP contribution in [0.5, 0.6) is 0 Å². The number of nitrogens with one attached hydrogen (secondary N) is 1. The van der Waals surface area contributed by atoms with Crippen LogP contribution >= 0.6 is 7.82 Å². The molecule has 11 nitrogen and oxygen atoms in total. The molecule has 0 aliphatic carbocycles. The van der Waals surface area contributed by atoms with E-state index in [1.807, 2.05) is 0 Å². The number of amides is 1. The van der Waals surface area contributed by atoms with Gasteiger partial charge in [0.2, 0.25) is 5.91 Å². The van der Waals surface area contributed by atoms with Crippen molar-refractivity contribution in [1.82, 2.24) is 5.32 Å². The van der Waals surface area contributed by atoms with Crippen LogP contribution in [-0.4, -0.2) is 159 Å². The zero-order valence-electron chi connectivity index (χ0n) is 26.6. The standard InChI is InChI=1S/C23H33F16N2O9P/c1-15(10-42,11-43)40-14(44)9-48-13-17(26,27)19(30,31)21(34,35)23(38,39)22(36,37)20(32,33)18(28,29)16(24,25)12-47-7-8-50-51(45,46)49-6-5-41(2,3)4/h42-43H,5-13H2,1-4H3,(H-,40,44,45,46)/p+1. The number of hydrogen-bond donors (Lipinski definition) is 4. The van der Waals surface area contributed by atoms with Crippen molar-refractivity contribution < 1.29 is 118 Å². The number of phosphoric ester groups is 1. The van der Waals surface area contributed by atoms with Crippen LogP contribution in [0.1, 0.15) is 6.92 Å². The molecule has 0 aromatic heterocycles. The number of carbonyl (C=O) groups excluding carboxylic acids is 1. The van der Waals surface area contributed by atoms with Gasteiger partial charge in [-0.1, -0.05) is 0 Å². The average Bonchev–Trinajstić information content (AvgIpc) is 2.95. The van der Waals surface area contributed by atoms with Gasteiger partial charge in [-0.25, -0.2) is 4.57 Å². The van der Waals surface area contributed by atoms with Gasteiger partial charge in [0.05, 0.1) is 53.1 Å². The second-order valence-corrected chi connectivity index (χ2v) is 13.4. The molecule has 1 unspecified atom stereocenters. The number of alkyl halides is 16. The van der Waals surface area contributed by atoms with Gasteiger partial charge in [-0.05, 0) is 6.92 Å². The lowest BCUT2D eigenvalue weighted by atomic mass is 9.88. The summed E-state index contributed by atoms with van der Waals surface area (Å²) in [5.74, 6) is -65.4. The maximum atomic E-state index is 14.1. The van der Waals surface area contributed by atoms with Crippen molar-refractivity contribution in [1.29, 1.82) is 0 Å². The highest BCUT2D eigenvalue weighted by atomic mass is 31.2. The molecule has 0 saturated heterocycles. The highest BCUT2D eigenvalue weighted by Crippen LogP contribution is 2.63. The molecule has 0 aromatic rings. The molecule has 0 aromatic carbocycles. The van der Waals surface area contributed by atoms with E-state index < -0.39 is 120 Å². The van der Waals surface area contributed by atoms with Crippen molar-refractivity contribution in [3.63, 3.8) is 0 Å². The third-order valence-electron chi connectivity index (χ3n) is 6.33. The number of nitrogens with zero attached hydrogens (tertiary/aromatic N) is 1. The second-order valence-electron chi connectivity index (χ2n) is 12.0. The van der Waals surface area contributed by atoms with E-state index >= 15 is 0 Å². The Labute approximate surface area is 277 Å². The van der Waals surface area contributed by atoms with Crippen LogP contribution in [0.4, 0.5) is 70.2 Å². The fourth-order valence-corrected chi connectivity index (χ4v) is 3.77. The SMILES string of the molecule is CC(CO)(CO)NC(=O)COCC(F)(F)C(F)(F)C(F)(F)C(F)(F)C(F)(F)C(F)(F)C(F)(F)C(F)(F)COCCOP(=O)(O)OCC[N+](C)(C)C. The largest absolute Gasteiger partial charge is 0.472 e. The van der Waals surface area contributed by atoms with Gasteiger partial charge in [0, 0.05) is 0 Å². The van der Waals surface area contributed by atoms with E-state index in [9.17, 15) is 84.5 Å². The normalized spacial score (nSPS) is 16.3. The monoisotopic (exact) mass is 817 g/mol. The van der Waals surface area contributed by atoms with Gasteiger partial charge in [0.25, 0.3) is 0 Å². The van der Waals surface area contributed by atoms with Crippen LogP contribution < -0.4 is 5.32 Å². The van der Waals surface area contributed by atoms with Crippen LogP contribution in [0.15, 0.2) is 0 Å². The van der Waals surface area contributed by atoms with Crippen LogP contribution in [0.25, 0.3) is 0 Å². The lowest BCUT2D eigenvalue weighted by Crippen LogP contribution is -2.75. The van der Waals surface area contributed by atoms with E-state index in [1.165, 1.54) is 0 Å². The van der Waals surface area contributed by atoms with Gasteiger partial charge in [-0.2, -0.15) is 70.2 Å². The average molecular weight is 817 g/mol. The van der Waals surface area contributed by atoms with E-state index in [0.717, 1.165) is 6.92 Å². The van der Waals surface area contributed by atoms with Crippen molar-refractivity contribution in [3.05, 3.63) is 0 Å². The molecule has 306 valence electrons. The number of halogens is 16. The maximum absolute atomic E-state index is 14.1. The molecule has 1 amide bonds. The van der Waals surface area contributed by atoms with Crippen LogP contribution in [-0.2, 0) is 27.9 Å². The molecule has 0 spiro atoms. The fourth-order valence-electron chi connectivity index (χ4n) is 3.08. The predicted octanol–water partition coefficient (Wildman–Crippen LogP) is 3.80. The molecule has 51 heavy (non-hydrogen) atoms. The molecule has 4 N–H and O–H groups in total. The second kappa shape index (κ2) is 16.3. The van der Waals surface area contributed by atoms with Crippen LogP contribution in [0, 0.1) is 0 Å². The summed E-state index contributed by atoms with van der Waals surface area (Å²) in [6.45, 7) is -12.7. The van der Waals surface area contributed by atoms with Gasteiger partial charge >= 0.3 is 55.2 Å². The van der Waals surface area contributed by atoms with Gasteiger partial charge in [-0.15, -0.1) is 0 Å². The molecule has 0 fully saturated rings. The van der Waals surface area contributed by atoms with Gasteiger partial charge < -0.3 is 34.4 Å². The number of carbonyl (C=O) groups is 1. The van der Waals surface area contributed by atoms with Crippen LogP contribution in [0.2, 0.25) is 0 Å². The Kier molecular flexibility index (Phi) is 15.8. The summed E-state index contributed by atoms with van der Waals surface area (Å²) in [7, 11) is -0.155. The zero-order valence-corrected chi connectivity index (χ0v) is 27.5. The summed E-state index contributed by atoms with van der Waals surface area (Å²) in [5.41, 5.74) is -1.93. The first-order chi connectivity index (χ1) is 22.4. The highest BCUT2D eigenvalue weighted by Gasteiger charge is 2.94. The van der Waals surface area contributed by atoms with Crippen LogP contribution in [0.3, 0.4) is 0 Å². The number of phosphoric acid groups is 1.